The normalized spacial score (nSPS) is 12.0. The standard InChI is InChI=1S/C16H15Br2ClO2/c1-3-21-14-7-5-4-6-11(14)15(18)12-8-10(19)9-13(17)16(12)20-2/h4-9,15H,3H2,1-2H3. The lowest BCUT2D eigenvalue weighted by Crippen LogP contribution is -2.02. The number of alkyl halides is 1. The van der Waals surface area contributed by atoms with Gasteiger partial charge < -0.3 is 9.47 Å². The van der Waals surface area contributed by atoms with Crippen LogP contribution in [0.5, 0.6) is 11.5 Å². The maximum Gasteiger partial charge on any atom is 0.137 e. The van der Waals surface area contributed by atoms with Crippen LogP contribution in [-0.2, 0) is 0 Å². The SMILES string of the molecule is CCOc1ccccc1C(Br)c1cc(Cl)cc(Br)c1OC. The van der Waals surface area contributed by atoms with Gasteiger partial charge in [0.05, 0.1) is 23.0 Å². The van der Waals surface area contributed by atoms with Gasteiger partial charge in [0.15, 0.2) is 0 Å². The molecular weight excluding hydrogens is 419 g/mol. The quantitative estimate of drug-likeness (QED) is 0.538. The fraction of sp³-hybridized carbons (Fsp3) is 0.250. The molecule has 0 bridgehead atoms. The molecule has 0 aliphatic rings. The second-order valence-corrected chi connectivity index (χ2v) is 6.55. The van der Waals surface area contributed by atoms with E-state index < -0.39 is 0 Å². The zero-order valence-corrected chi connectivity index (χ0v) is 15.6. The molecule has 0 heterocycles. The molecule has 112 valence electrons. The van der Waals surface area contributed by atoms with Crippen LogP contribution in [0.4, 0.5) is 0 Å². The highest BCUT2D eigenvalue weighted by atomic mass is 79.9. The molecular formula is C16H15Br2ClO2. The average Bonchev–Trinajstić information content (AvgIpc) is 2.47. The number of hydrogen-bond acceptors (Lipinski definition) is 2. The summed E-state index contributed by atoms with van der Waals surface area (Å²) in [6, 6.07) is 11.6. The number of para-hydroxylation sites is 1. The van der Waals surface area contributed by atoms with Crippen LogP contribution < -0.4 is 9.47 Å². The summed E-state index contributed by atoms with van der Waals surface area (Å²) in [7, 11) is 1.64. The molecule has 2 nitrogen and oxygen atoms in total. The van der Waals surface area contributed by atoms with Gasteiger partial charge in [0.2, 0.25) is 0 Å². The highest BCUT2D eigenvalue weighted by Crippen LogP contribution is 2.44. The first kappa shape index (κ1) is 16.7. The summed E-state index contributed by atoms with van der Waals surface area (Å²) in [4.78, 5) is -0.0785. The van der Waals surface area contributed by atoms with E-state index in [1.54, 1.807) is 7.11 Å². The number of ether oxygens (including phenoxy) is 2. The molecule has 0 aliphatic heterocycles. The molecule has 1 unspecified atom stereocenters. The van der Waals surface area contributed by atoms with Gasteiger partial charge >= 0.3 is 0 Å². The van der Waals surface area contributed by atoms with Crippen molar-refractivity contribution in [3.8, 4) is 11.5 Å². The van der Waals surface area contributed by atoms with Crippen molar-refractivity contribution in [2.75, 3.05) is 13.7 Å². The highest BCUT2D eigenvalue weighted by Gasteiger charge is 2.21. The van der Waals surface area contributed by atoms with E-state index in [9.17, 15) is 0 Å². The number of halogens is 3. The largest absolute Gasteiger partial charge is 0.495 e. The Morgan fingerprint density at radius 1 is 1.19 bits per heavy atom. The summed E-state index contributed by atoms with van der Waals surface area (Å²) in [5.74, 6) is 1.60. The summed E-state index contributed by atoms with van der Waals surface area (Å²) in [6.07, 6.45) is 0. The molecule has 0 fully saturated rings. The summed E-state index contributed by atoms with van der Waals surface area (Å²) in [6.45, 7) is 2.59. The first-order valence-corrected chi connectivity index (χ1v) is 8.55. The Balaban J connectivity index is 2.52. The van der Waals surface area contributed by atoms with Gasteiger partial charge in [-0.3, -0.25) is 0 Å². The van der Waals surface area contributed by atoms with Crippen LogP contribution >= 0.6 is 43.5 Å². The van der Waals surface area contributed by atoms with E-state index in [0.717, 1.165) is 27.1 Å². The molecule has 0 radical (unpaired) electrons. The second kappa shape index (κ2) is 7.52. The minimum absolute atomic E-state index is 0.0785. The predicted molar refractivity (Wildman–Crippen MR) is 94.1 cm³/mol. The first-order chi connectivity index (χ1) is 10.1. The lowest BCUT2D eigenvalue weighted by atomic mass is 10.0. The number of benzene rings is 2. The van der Waals surface area contributed by atoms with Crippen LogP contribution in [-0.4, -0.2) is 13.7 Å². The number of rotatable bonds is 5. The first-order valence-electron chi connectivity index (χ1n) is 6.47. The van der Waals surface area contributed by atoms with Gasteiger partial charge in [-0.1, -0.05) is 45.7 Å². The van der Waals surface area contributed by atoms with Crippen LogP contribution in [0.2, 0.25) is 5.02 Å². The summed E-state index contributed by atoms with van der Waals surface area (Å²) in [5, 5.41) is 0.649. The van der Waals surface area contributed by atoms with E-state index >= 15 is 0 Å². The Morgan fingerprint density at radius 2 is 1.90 bits per heavy atom. The third-order valence-electron chi connectivity index (χ3n) is 3.01. The van der Waals surface area contributed by atoms with Gasteiger partial charge in [-0.25, -0.2) is 0 Å². The molecule has 2 aromatic carbocycles. The third-order valence-corrected chi connectivity index (χ3v) is 4.80. The summed E-state index contributed by atoms with van der Waals surface area (Å²) >= 11 is 13.4. The van der Waals surface area contributed by atoms with E-state index in [-0.39, 0.29) is 4.83 Å². The fourth-order valence-corrected chi connectivity index (χ4v) is 3.84. The monoisotopic (exact) mass is 432 g/mol. The minimum Gasteiger partial charge on any atom is -0.495 e. The summed E-state index contributed by atoms with van der Waals surface area (Å²) in [5.41, 5.74) is 1.98. The molecule has 0 aliphatic carbocycles. The van der Waals surface area contributed by atoms with Gasteiger partial charge in [0.25, 0.3) is 0 Å². The zero-order chi connectivity index (χ0) is 15.4. The van der Waals surface area contributed by atoms with E-state index in [0.29, 0.717) is 11.6 Å². The van der Waals surface area contributed by atoms with Gasteiger partial charge in [-0.2, -0.15) is 0 Å². The van der Waals surface area contributed by atoms with Crippen molar-refractivity contribution in [2.24, 2.45) is 0 Å². The van der Waals surface area contributed by atoms with Crippen molar-refractivity contribution >= 4 is 43.5 Å². The zero-order valence-electron chi connectivity index (χ0n) is 11.7. The van der Waals surface area contributed by atoms with E-state index in [4.69, 9.17) is 21.1 Å². The van der Waals surface area contributed by atoms with Crippen molar-refractivity contribution in [3.05, 3.63) is 57.0 Å². The van der Waals surface area contributed by atoms with Crippen molar-refractivity contribution in [3.63, 3.8) is 0 Å². The number of methoxy groups -OCH3 is 1. The van der Waals surface area contributed by atoms with Crippen molar-refractivity contribution in [1.82, 2.24) is 0 Å². The van der Waals surface area contributed by atoms with Crippen molar-refractivity contribution < 1.29 is 9.47 Å². The van der Waals surface area contributed by atoms with Crippen LogP contribution in [0.1, 0.15) is 22.9 Å². The predicted octanol–water partition coefficient (Wildman–Crippen LogP) is 5.99. The molecule has 0 amide bonds. The molecule has 1 atom stereocenters. The van der Waals surface area contributed by atoms with Crippen LogP contribution in [0, 0.1) is 0 Å². The molecule has 0 saturated carbocycles. The molecule has 0 N–H and O–H groups in total. The lowest BCUT2D eigenvalue weighted by Gasteiger charge is -2.19. The molecule has 5 heteroatoms. The van der Waals surface area contributed by atoms with Crippen LogP contribution in [0.15, 0.2) is 40.9 Å². The Hall–Kier alpha value is -0.710. The number of hydrogen-bond donors (Lipinski definition) is 0. The van der Waals surface area contributed by atoms with Gasteiger partial charge in [0, 0.05) is 16.1 Å². The Kier molecular flexibility index (Phi) is 5.97. The smallest absolute Gasteiger partial charge is 0.137 e. The van der Waals surface area contributed by atoms with Gasteiger partial charge in [-0.15, -0.1) is 0 Å². The maximum atomic E-state index is 6.17. The molecule has 0 aromatic heterocycles. The molecule has 0 spiro atoms. The minimum atomic E-state index is -0.0785. The molecule has 21 heavy (non-hydrogen) atoms. The molecule has 2 rings (SSSR count). The van der Waals surface area contributed by atoms with Crippen LogP contribution in [0.3, 0.4) is 0 Å². The molecule has 2 aromatic rings. The molecule has 0 saturated heterocycles. The van der Waals surface area contributed by atoms with E-state index in [1.165, 1.54) is 0 Å². The second-order valence-electron chi connectivity index (χ2n) is 4.34. The van der Waals surface area contributed by atoms with E-state index in [1.807, 2.05) is 43.3 Å². The average molecular weight is 435 g/mol. The van der Waals surface area contributed by atoms with Crippen molar-refractivity contribution in [2.45, 2.75) is 11.8 Å². The van der Waals surface area contributed by atoms with Crippen LogP contribution in [0.25, 0.3) is 0 Å². The maximum absolute atomic E-state index is 6.17. The van der Waals surface area contributed by atoms with Gasteiger partial charge in [-0.05, 0) is 41.1 Å². The fourth-order valence-electron chi connectivity index (χ4n) is 2.13. The topological polar surface area (TPSA) is 18.5 Å². The third kappa shape index (κ3) is 3.74. The summed E-state index contributed by atoms with van der Waals surface area (Å²) < 4.78 is 12.0. The Bertz CT molecular complexity index is 632. The Labute approximate surface area is 146 Å². The van der Waals surface area contributed by atoms with E-state index in [2.05, 4.69) is 31.9 Å². The highest BCUT2D eigenvalue weighted by molar-refractivity contribution is 9.10. The lowest BCUT2D eigenvalue weighted by molar-refractivity contribution is 0.337. The van der Waals surface area contributed by atoms with Gasteiger partial charge in [0.1, 0.15) is 11.5 Å². The van der Waals surface area contributed by atoms with Crippen molar-refractivity contribution in [1.29, 1.82) is 0 Å². The Morgan fingerprint density at radius 3 is 2.57 bits per heavy atom.